The third-order valence-electron chi connectivity index (χ3n) is 2.07. The Balaban J connectivity index is 3.60. The molecule has 0 aliphatic carbocycles. The van der Waals surface area contributed by atoms with Crippen molar-refractivity contribution < 1.29 is 19.1 Å². The first-order chi connectivity index (χ1) is 7.24. The predicted molar refractivity (Wildman–Crippen MR) is 56.3 cm³/mol. The highest BCUT2D eigenvalue weighted by Gasteiger charge is 2.09. The van der Waals surface area contributed by atoms with Gasteiger partial charge in [-0.3, -0.25) is 9.59 Å². The van der Waals surface area contributed by atoms with E-state index in [1.807, 2.05) is 6.92 Å². The number of hydrogen-bond acceptors (Lipinski definition) is 4. The van der Waals surface area contributed by atoms with E-state index in [2.05, 4.69) is 0 Å². The normalized spacial score (nSPS) is 11.9. The fourth-order valence-electron chi connectivity index (χ4n) is 1.39. The Hall–Kier alpha value is -1.06. The molecule has 0 spiro atoms. The van der Waals surface area contributed by atoms with Crippen molar-refractivity contribution in [3.63, 3.8) is 0 Å². The molecule has 0 aromatic rings. The lowest BCUT2D eigenvalue weighted by Crippen LogP contribution is -2.13. The van der Waals surface area contributed by atoms with Gasteiger partial charge in [-0.25, -0.2) is 0 Å². The van der Waals surface area contributed by atoms with Crippen LogP contribution in [0.5, 0.6) is 0 Å². The molecule has 4 nitrogen and oxygen atoms in total. The molecule has 0 aromatic heterocycles. The van der Waals surface area contributed by atoms with Crippen LogP contribution in [0.2, 0.25) is 0 Å². The summed E-state index contributed by atoms with van der Waals surface area (Å²) in [5, 5.41) is 0. The molecule has 0 fully saturated rings. The predicted octanol–water partition coefficient (Wildman–Crippen LogP) is 2.06. The number of esters is 1. The average molecular weight is 216 g/mol. The van der Waals surface area contributed by atoms with Crippen LogP contribution in [0, 0.1) is 0 Å². The van der Waals surface area contributed by atoms with Crippen LogP contribution in [0.1, 0.15) is 46.0 Å². The minimum Gasteiger partial charge on any atom is -0.466 e. The van der Waals surface area contributed by atoms with Gasteiger partial charge < -0.3 is 9.47 Å². The maximum atomic E-state index is 11.0. The Labute approximate surface area is 90.9 Å². The zero-order valence-corrected chi connectivity index (χ0v) is 9.53. The van der Waals surface area contributed by atoms with E-state index >= 15 is 0 Å². The molecule has 15 heavy (non-hydrogen) atoms. The molecule has 0 aliphatic heterocycles. The molecule has 0 heterocycles. The van der Waals surface area contributed by atoms with E-state index in [0.29, 0.717) is 25.9 Å². The summed E-state index contributed by atoms with van der Waals surface area (Å²) < 4.78 is 9.69. The summed E-state index contributed by atoms with van der Waals surface area (Å²) in [6, 6.07) is 0. The molecule has 88 valence electrons. The van der Waals surface area contributed by atoms with Gasteiger partial charge in [0, 0.05) is 6.42 Å². The molecule has 0 aliphatic rings. The summed E-state index contributed by atoms with van der Waals surface area (Å²) in [7, 11) is 0. The summed E-state index contributed by atoms with van der Waals surface area (Å²) in [5.74, 6) is -0.182. The molecular weight excluding hydrogens is 196 g/mol. The van der Waals surface area contributed by atoms with Crippen LogP contribution in [0.4, 0.5) is 0 Å². The van der Waals surface area contributed by atoms with Crippen molar-refractivity contribution in [1.29, 1.82) is 0 Å². The third-order valence-corrected chi connectivity index (χ3v) is 2.07. The zero-order valence-electron chi connectivity index (χ0n) is 9.53. The lowest BCUT2D eigenvalue weighted by atomic mass is 10.1. The third kappa shape index (κ3) is 7.97. The summed E-state index contributed by atoms with van der Waals surface area (Å²) in [6.07, 6.45) is 3.60. The highest BCUT2D eigenvalue weighted by Crippen LogP contribution is 2.10. The van der Waals surface area contributed by atoms with Gasteiger partial charge in [-0.05, 0) is 26.2 Å². The number of ether oxygens (including phenoxy) is 2. The molecule has 0 rings (SSSR count). The summed E-state index contributed by atoms with van der Waals surface area (Å²) >= 11 is 0. The highest BCUT2D eigenvalue weighted by atomic mass is 16.5. The monoisotopic (exact) mass is 216 g/mol. The van der Waals surface area contributed by atoms with E-state index in [1.54, 1.807) is 6.92 Å². The van der Waals surface area contributed by atoms with Crippen LogP contribution in [-0.2, 0) is 19.1 Å². The van der Waals surface area contributed by atoms with Crippen molar-refractivity contribution in [2.45, 2.75) is 52.1 Å². The van der Waals surface area contributed by atoms with Crippen molar-refractivity contribution in [2.24, 2.45) is 0 Å². The average Bonchev–Trinajstić information content (AvgIpc) is 2.19. The SMILES string of the molecule is CCCC(CCCC(=O)OCC)OC=O. The second kappa shape index (κ2) is 9.49. The first kappa shape index (κ1) is 13.9. The van der Waals surface area contributed by atoms with Gasteiger partial charge in [-0.15, -0.1) is 0 Å². The van der Waals surface area contributed by atoms with Crippen LogP contribution < -0.4 is 0 Å². The van der Waals surface area contributed by atoms with Crippen molar-refractivity contribution in [1.82, 2.24) is 0 Å². The van der Waals surface area contributed by atoms with Crippen LogP contribution >= 0.6 is 0 Å². The molecule has 4 heteroatoms. The van der Waals surface area contributed by atoms with Crippen molar-refractivity contribution >= 4 is 12.4 Å². The Kier molecular flexibility index (Phi) is 8.82. The van der Waals surface area contributed by atoms with E-state index in [9.17, 15) is 9.59 Å². The zero-order chi connectivity index (χ0) is 11.5. The molecule has 1 unspecified atom stereocenters. The van der Waals surface area contributed by atoms with Crippen LogP contribution in [0.15, 0.2) is 0 Å². The van der Waals surface area contributed by atoms with Gasteiger partial charge in [0.1, 0.15) is 6.10 Å². The van der Waals surface area contributed by atoms with Gasteiger partial charge in [-0.2, -0.15) is 0 Å². The van der Waals surface area contributed by atoms with Crippen LogP contribution in [0.3, 0.4) is 0 Å². The van der Waals surface area contributed by atoms with E-state index in [4.69, 9.17) is 9.47 Å². The van der Waals surface area contributed by atoms with E-state index in [1.165, 1.54) is 0 Å². The van der Waals surface area contributed by atoms with Gasteiger partial charge in [0.15, 0.2) is 0 Å². The van der Waals surface area contributed by atoms with Crippen molar-refractivity contribution in [3.05, 3.63) is 0 Å². The fraction of sp³-hybridized carbons (Fsp3) is 0.818. The van der Waals surface area contributed by atoms with E-state index in [0.717, 1.165) is 19.3 Å². The van der Waals surface area contributed by atoms with E-state index in [-0.39, 0.29) is 12.1 Å². The Bertz CT molecular complexity index is 179. The minimum absolute atomic E-state index is 0.0538. The van der Waals surface area contributed by atoms with Gasteiger partial charge in [0.2, 0.25) is 0 Å². The molecule has 0 saturated carbocycles. The number of carbonyl (C=O) groups excluding carboxylic acids is 2. The molecule has 0 N–H and O–H groups in total. The summed E-state index contributed by atoms with van der Waals surface area (Å²) in [4.78, 5) is 21.2. The second-order valence-electron chi connectivity index (χ2n) is 3.34. The molecule has 0 bridgehead atoms. The van der Waals surface area contributed by atoms with Crippen molar-refractivity contribution in [2.75, 3.05) is 6.61 Å². The fourth-order valence-corrected chi connectivity index (χ4v) is 1.39. The summed E-state index contributed by atoms with van der Waals surface area (Å²) in [5.41, 5.74) is 0. The smallest absolute Gasteiger partial charge is 0.305 e. The molecule has 0 radical (unpaired) electrons. The molecule has 1 atom stereocenters. The standard InChI is InChI=1S/C11H20O4/c1-3-6-10(15-9-12)7-5-8-11(13)14-4-2/h9-10H,3-8H2,1-2H3. The van der Waals surface area contributed by atoms with Gasteiger partial charge in [-0.1, -0.05) is 13.3 Å². The molecule has 0 aromatic carbocycles. The number of carbonyl (C=O) groups is 2. The van der Waals surface area contributed by atoms with Crippen molar-refractivity contribution in [3.8, 4) is 0 Å². The second-order valence-corrected chi connectivity index (χ2v) is 3.34. The molecule has 0 saturated heterocycles. The quantitative estimate of drug-likeness (QED) is 0.437. The van der Waals surface area contributed by atoms with Gasteiger partial charge in [0.25, 0.3) is 6.47 Å². The van der Waals surface area contributed by atoms with Crippen LogP contribution in [-0.4, -0.2) is 25.2 Å². The molecule has 0 amide bonds. The molecular formula is C11H20O4. The minimum atomic E-state index is -0.182. The van der Waals surface area contributed by atoms with E-state index < -0.39 is 0 Å². The number of rotatable bonds is 9. The lowest BCUT2D eigenvalue weighted by Gasteiger charge is -2.13. The highest BCUT2D eigenvalue weighted by molar-refractivity contribution is 5.69. The van der Waals surface area contributed by atoms with Gasteiger partial charge >= 0.3 is 5.97 Å². The Morgan fingerprint density at radius 1 is 1.33 bits per heavy atom. The van der Waals surface area contributed by atoms with Crippen LogP contribution in [0.25, 0.3) is 0 Å². The summed E-state index contributed by atoms with van der Waals surface area (Å²) in [6.45, 7) is 4.71. The number of hydrogen-bond donors (Lipinski definition) is 0. The van der Waals surface area contributed by atoms with Gasteiger partial charge in [0.05, 0.1) is 6.61 Å². The Morgan fingerprint density at radius 3 is 2.60 bits per heavy atom. The lowest BCUT2D eigenvalue weighted by molar-refractivity contribution is -0.143. The maximum absolute atomic E-state index is 11.0. The first-order valence-electron chi connectivity index (χ1n) is 5.49. The maximum Gasteiger partial charge on any atom is 0.305 e. The largest absolute Gasteiger partial charge is 0.466 e. The first-order valence-corrected chi connectivity index (χ1v) is 5.49. The Morgan fingerprint density at radius 2 is 2.07 bits per heavy atom. The topological polar surface area (TPSA) is 52.6 Å².